The van der Waals surface area contributed by atoms with Crippen LogP contribution in [0.4, 0.5) is 11.5 Å². The van der Waals surface area contributed by atoms with Crippen LogP contribution in [0.3, 0.4) is 0 Å². The van der Waals surface area contributed by atoms with Crippen LogP contribution < -0.4 is 5.73 Å². The van der Waals surface area contributed by atoms with Crippen LogP contribution in [0.2, 0.25) is 5.02 Å². The van der Waals surface area contributed by atoms with E-state index in [1.165, 1.54) is 22.9 Å². The van der Waals surface area contributed by atoms with Crippen molar-refractivity contribution in [2.75, 3.05) is 5.73 Å². The Kier molecular flexibility index (Phi) is 2.68. The van der Waals surface area contributed by atoms with Crippen molar-refractivity contribution in [2.45, 2.75) is 6.92 Å². The van der Waals surface area contributed by atoms with Crippen LogP contribution in [-0.4, -0.2) is 19.9 Å². The highest BCUT2D eigenvalue weighted by Gasteiger charge is 2.14. The zero-order valence-electron chi connectivity index (χ0n) is 8.79. The molecule has 0 aliphatic heterocycles. The molecule has 1 aromatic heterocycles. The number of hydrogen-bond acceptors (Lipinski definition) is 5. The van der Waals surface area contributed by atoms with Gasteiger partial charge < -0.3 is 5.73 Å². The number of nitrogens with zero attached hydrogens (tertiary/aromatic N) is 4. The molecule has 2 aromatic rings. The van der Waals surface area contributed by atoms with Crippen molar-refractivity contribution in [2.24, 2.45) is 0 Å². The predicted octanol–water partition coefficient (Wildman–Crippen LogP) is 1.72. The molecular formula is C9H8ClN5O2. The van der Waals surface area contributed by atoms with E-state index in [0.29, 0.717) is 17.2 Å². The van der Waals surface area contributed by atoms with Gasteiger partial charge >= 0.3 is 0 Å². The summed E-state index contributed by atoms with van der Waals surface area (Å²) in [6, 6.07) is 4.11. The lowest BCUT2D eigenvalue weighted by molar-refractivity contribution is -0.384. The van der Waals surface area contributed by atoms with E-state index in [9.17, 15) is 10.1 Å². The zero-order chi connectivity index (χ0) is 12.6. The van der Waals surface area contributed by atoms with Gasteiger partial charge in [0, 0.05) is 12.1 Å². The first kappa shape index (κ1) is 11.3. The lowest BCUT2D eigenvalue weighted by atomic mass is 10.3. The van der Waals surface area contributed by atoms with Gasteiger partial charge in [0.05, 0.1) is 21.3 Å². The highest BCUT2D eigenvalue weighted by atomic mass is 35.5. The van der Waals surface area contributed by atoms with Crippen LogP contribution in [0, 0.1) is 17.0 Å². The van der Waals surface area contributed by atoms with Crippen LogP contribution >= 0.6 is 11.6 Å². The van der Waals surface area contributed by atoms with Crippen molar-refractivity contribution in [1.29, 1.82) is 0 Å². The Hall–Kier alpha value is -2.15. The van der Waals surface area contributed by atoms with Gasteiger partial charge in [-0.25, -0.2) is 4.68 Å². The number of nitro benzene ring substituents is 1. The van der Waals surface area contributed by atoms with Crippen LogP contribution in [-0.2, 0) is 0 Å². The normalized spacial score (nSPS) is 10.5. The molecule has 0 saturated carbocycles. The molecule has 1 aromatic carbocycles. The van der Waals surface area contributed by atoms with Crippen molar-refractivity contribution in [3.63, 3.8) is 0 Å². The molecule has 0 saturated heterocycles. The summed E-state index contributed by atoms with van der Waals surface area (Å²) in [5.41, 5.74) is 6.61. The minimum absolute atomic E-state index is 0.0792. The van der Waals surface area contributed by atoms with Gasteiger partial charge in [-0.3, -0.25) is 10.1 Å². The van der Waals surface area contributed by atoms with Gasteiger partial charge in [-0.2, -0.15) is 0 Å². The minimum Gasteiger partial charge on any atom is -0.381 e. The van der Waals surface area contributed by atoms with Crippen molar-refractivity contribution >= 4 is 23.1 Å². The van der Waals surface area contributed by atoms with Gasteiger partial charge in [-0.1, -0.05) is 16.8 Å². The first-order valence-electron chi connectivity index (χ1n) is 4.63. The number of rotatable bonds is 2. The summed E-state index contributed by atoms with van der Waals surface area (Å²) < 4.78 is 1.43. The third kappa shape index (κ3) is 1.92. The maximum atomic E-state index is 10.6. The second-order valence-electron chi connectivity index (χ2n) is 3.36. The van der Waals surface area contributed by atoms with Crippen LogP contribution in [0.5, 0.6) is 0 Å². The Morgan fingerprint density at radius 3 is 2.71 bits per heavy atom. The Morgan fingerprint density at radius 2 is 2.24 bits per heavy atom. The smallest absolute Gasteiger partial charge is 0.271 e. The van der Waals surface area contributed by atoms with E-state index in [0.717, 1.165) is 0 Å². The summed E-state index contributed by atoms with van der Waals surface area (Å²) in [5, 5.41) is 18.3. The standard InChI is InChI=1S/C9H8ClN5O2/c1-5-9(11)12-13-14(5)8-3-2-6(15(16)17)4-7(8)10/h2-4H,11H2,1H3. The lowest BCUT2D eigenvalue weighted by Gasteiger charge is -2.05. The molecule has 0 fully saturated rings. The van der Waals surface area contributed by atoms with Crippen molar-refractivity contribution in [1.82, 2.24) is 15.0 Å². The summed E-state index contributed by atoms with van der Waals surface area (Å²) in [6.07, 6.45) is 0. The molecule has 7 nitrogen and oxygen atoms in total. The quantitative estimate of drug-likeness (QED) is 0.649. The van der Waals surface area contributed by atoms with Crippen molar-refractivity contribution < 1.29 is 4.92 Å². The fraction of sp³-hybridized carbons (Fsp3) is 0.111. The Bertz CT molecular complexity index is 595. The SMILES string of the molecule is Cc1c(N)nnn1-c1ccc([N+](=O)[O-])cc1Cl. The molecule has 0 unspecified atom stereocenters. The van der Waals surface area contributed by atoms with Gasteiger partial charge in [0.1, 0.15) is 0 Å². The van der Waals surface area contributed by atoms with E-state index < -0.39 is 4.92 Å². The number of halogens is 1. The molecular weight excluding hydrogens is 246 g/mol. The molecule has 2 N–H and O–H groups in total. The molecule has 0 atom stereocenters. The maximum Gasteiger partial charge on any atom is 0.271 e. The number of nitro groups is 1. The van der Waals surface area contributed by atoms with Crippen LogP contribution in [0.1, 0.15) is 5.69 Å². The zero-order valence-corrected chi connectivity index (χ0v) is 9.55. The molecule has 17 heavy (non-hydrogen) atoms. The fourth-order valence-electron chi connectivity index (χ4n) is 1.35. The van der Waals surface area contributed by atoms with Gasteiger partial charge in [0.2, 0.25) is 0 Å². The highest BCUT2D eigenvalue weighted by Crippen LogP contribution is 2.26. The Balaban J connectivity index is 2.54. The van der Waals surface area contributed by atoms with Crippen molar-refractivity contribution in [3.8, 4) is 5.69 Å². The topological polar surface area (TPSA) is 99.9 Å². The van der Waals surface area contributed by atoms with E-state index >= 15 is 0 Å². The third-order valence-corrected chi connectivity index (χ3v) is 2.60. The molecule has 0 spiro atoms. The first-order chi connectivity index (χ1) is 8.00. The first-order valence-corrected chi connectivity index (χ1v) is 5.00. The van der Waals surface area contributed by atoms with Gasteiger partial charge in [-0.15, -0.1) is 5.10 Å². The predicted molar refractivity (Wildman–Crippen MR) is 62.2 cm³/mol. The number of benzene rings is 1. The van der Waals surface area contributed by atoms with Gasteiger partial charge in [0.15, 0.2) is 5.82 Å². The third-order valence-electron chi connectivity index (χ3n) is 2.30. The summed E-state index contributed by atoms with van der Waals surface area (Å²) in [5.74, 6) is 0.291. The molecule has 2 rings (SSSR count). The van der Waals surface area contributed by atoms with Crippen LogP contribution in [0.15, 0.2) is 18.2 Å². The Labute approximate surface area is 101 Å². The highest BCUT2D eigenvalue weighted by molar-refractivity contribution is 6.32. The van der Waals surface area contributed by atoms with E-state index in [-0.39, 0.29) is 10.7 Å². The molecule has 1 heterocycles. The molecule has 88 valence electrons. The average Bonchev–Trinajstić information content (AvgIpc) is 2.60. The van der Waals surface area contributed by atoms with Gasteiger partial charge in [0.25, 0.3) is 5.69 Å². The maximum absolute atomic E-state index is 10.6. The largest absolute Gasteiger partial charge is 0.381 e. The second kappa shape index (κ2) is 4.02. The molecule has 0 aliphatic carbocycles. The van der Waals surface area contributed by atoms with Crippen LogP contribution in [0.25, 0.3) is 5.69 Å². The second-order valence-corrected chi connectivity index (χ2v) is 3.77. The molecule has 0 radical (unpaired) electrons. The lowest BCUT2D eigenvalue weighted by Crippen LogP contribution is -2.01. The Morgan fingerprint density at radius 1 is 1.53 bits per heavy atom. The van der Waals surface area contributed by atoms with E-state index in [1.54, 1.807) is 6.92 Å². The van der Waals surface area contributed by atoms with E-state index in [2.05, 4.69) is 10.3 Å². The number of hydrogen-bond donors (Lipinski definition) is 1. The molecule has 8 heteroatoms. The van der Waals surface area contributed by atoms with Gasteiger partial charge in [-0.05, 0) is 13.0 Å². The minimum atomic E-state index is -0.516. The van der Waals surface area contributed by atoms with E-state index in [4.69, 9.17) is 17.3 Å². The summed E-state index contributed by atoms with van der Waals surface area (Å²) in [6.45, 7) is 1.73. The molecule has 0 aliphatic rings. The van der Waals surface area contributed by atoms with E-state index in [1.807, 2.05) is 0 Å². The monoisotopic (exact) mass is 253 g/mol. The summed E-state index contributed by atoms with van der Waals surface area (Å²) in [7, 11) is 0. The fourth-order valence-corrected chi connectivity index (χ4v) is 1.61. The summed E-state index contributed by atoms with van der Waals surface area (Å²) in [4.78, 5) is 10.0. The average molecular weight is 254 g/mol. The number of aromatic nitrogens is 3. The molecule has 0 bridgehead atoms. The summed E-state index contributed by atoms with van der Waals surface area (Å²) >= 11 is 5.96. The number of nitrogens with two attached hydrogens (primary N) is 1. The number of anilines is 1. The van der Waals surface area contributed by atoms with Crippen molar-refractivity contribution in [3.05, 3.63) is 39.0 Å². The molecule has 0 amide bonds. The number of non-ortho nitro benzene ring substituents is 1. The number of nitrogen functional groups attached to an aromatic ring is 1.